The van der Waals surface area contributed by atoms with Crippen molar-refractivity contribution < 1.29 is 9.18 Å². The number of nitrogens with zero attached hydrogens (tertiary/aromatic N) is 3. The lowest BCUT2D eigenvalue weighted by atomic mass is 10.2. The molecule has 0 N–H and O–H groups in total. The summed E-state index contributed by atoms with van der Waals surface area (Å²) in [5, 5.41) is 5.44. The van der Waals surface area contributed by atoms with Gasteiger partial charge in [0.1, 0.15) is 5.82 Å². The summed E-state index contributed by atoms with van der Waals surface area (Å²) in [5.74, 6) is -0.232. The van der Waals surface area contributed by atoms with Gasteiger partial charge in [0, 0.05) is 25.4 Å². The lowest BCUT2D eigenvalue weighted by Gasteiger charge is -2.17. The molecule has 0 bridgehead atoms. The van der Waals surface area contributed by atoms with Crippen molar-refractivity contribution in [2.45, 2.75) is 26.4 Å². The molecule has 0 radical (unpaired) electrons. The van der Waals surface area contributed by atoms with Gasteiger partial charge in [-0.15, -0.1) is 0 Å². The number of fused-ring (bicyclic) bond motifs is 1. The summed E-state index contributed by atoms with van der Waals surface area (Å²) in [6.07, 6.45) is 2.20. The summed E-state index contributed by atoms with van der Waals surface area (Å²) in [6.45, 7) is 3.05. The summed E-state index contributed by atoms with van der Waals surface area (Å²) in [6, 6.07) is 12.4. The van der Waals surface area contributed by atoms with Crippen molar-refractivity contribution in [1.82, 2.24) is 14.7 Å². The predicted molar refractivity (Wildman–Crippen MR) is 92.0 cm³/mol. The van der Waals surface area contributed by atoms with Crippen LogP contribution >= 0.6 is 0 Å². The van der Waals surface area contributed by atoms with Crippen LogP contribution in [0.5, 0.6) is 0 Å². The number of halogens is 1. The molecule has 0 aliphatic heterocycles. The molecule has 4 nitrogen and oxygen atoms in total. The first-order chi connectivity index (χ1) is 11.5. The number of carbonyl (C=O) groups excluding carboxylic acids is 1. The molecule has 2 aromatic carbocycles. The van der Waals surface area contributed by atoms with Crippen molar-refractivity contribution in [1.29, 1.82) is 0 Å². The SMILES string of the molecule is Cc1ccc2cnn(CCC(=O)N(C)Cc3ccc(F)cc3)c2c1. The second kappa shape index (κ2) is 6.83. The van der Waals surface area contributed by atoms with Gasteiger partial charge < -0.3 is 4.90 Å². The lowest BCUT2D eigenvalue weighted by molar-refractivity contribution is -0.130. The van der Waals surface area contributed by atoms with E-state index < -0.39 is 0 Å². The van der Waals surface area contributed by atoms with Crippen molar-refractivity contribution in [3.63, 3.8) is 0 Å². The molecule has 124 valence electrons. The average Bonchev–Trinajstić information content (AvgIpc) is 2.96. The molecule has 1 amide bonds. The van der Waals surface area contributed by atoms with E-state index in [-0.39, 0.29) is 11.7 Å². The van der Waals surface area contributed by atoms with Crippen LogP contribution in [0.1, 0.15) is 17.5 Å². The van der Waals surface area contributed by atoms with Crippen LogP contribution in [0.15, 0.2) is 48.7 Å². The van der Waals surface area contributed by atoms with Gasteiger partial charge in [0.2, 0.25) is 5.91 Å². The van der Waals surface area contributed by atoms with Gasteiger partial charge in [-0.3, -0.25) is 9.48 Å². The Hall–Kier alpha value is -2.69. The van der Waals surface area contributed by atoms with Crippen LogP contribution in [-0.4, -0.2) is 27.6 Å². The molecular formula is C19H20FN3O. The topological polar surface area (TPSA) is 38.1 Å². The summed E-state index contributed by atoms with van der Waals surface area (Å²) in [4.78, 5) is 14.0. The van der Waals surface area contributed by atoms with Gasteiger partial charge in [-0.05, 0) is 36.2 Å². The maximum atomic E-state index is 12.9. The summed E-state index contributed by atoms with van der Waals surface area (Å²) in [5.41, 5.74) is 3.13. The van der Waals surface area contributed by atoms with E-state index in [0.717, 1.165) is 16.5 Å². The van der Waals surface area contributed by atoms with E-state index in [1.54, 1.807) is 24.1 Å². The van der Waals surface area contributed by atoms with Crippen LogP contribution in [0.3, 0.4) is 0 Å². The molecule has 0 unspecified atom stereocenters. The summed E-state index contributed by atoms with van der Waals surface area (Å²) >= 11 is 0. The number of aryl methyl sites for hydroxylation is 2. The molecule has 0 aliphatic rings. The van der Waals surface area contributed by atoms with Crippen molar-refractivity contribution in [3.8, 4) is 0 Å². The van der Waals surface area contributed by atoms with E-state index in [4.69, 9.17) is 0 Å². The van der Waals surface area contributed by atoms with E-state index in [9.17, 15) is 9.18 Å². The molecule has 3 rings (SSSR count). The second-order valence-electron chi connectivity index (χ2n) is 6.06. The monoisotopic (exact) mass is 325 g/mol. The van der Waals surface area contributed by atoms with E-state index in [1.165, 1.54) is 17.7 Å². The molecule has 24 heavy (non-hydrogen) atoms. The van der Waals surface area contributed by atoms with Crippen molar-refractivity contribution in [3.05, 3.63) is 65.6 Å². The third-order valence-electron chi connectivity index (χ3n) is 4.10. The van der Waals surface area contributed by atoms with Gasteiger partial charge in [-0.2, -0.15) is 5.10 Å². The predicted octanol–water partition coefficient (Wildman–Crippen LogP) is 3.53. The normalized spacial score (nSPS) is 11.0. The summed E-state index contributed by atoms with van der Waals surface area (Å²) in [7, 11) is 1.76. The maximum absolute atomic E-state index is 12.9. The highest BCUT2D eigenvalue weighted by atomic mass is 19.1. The Morgan fingerprint density at radius 2 is 1.96 bits per heavy atom. The van der Waals surface area contributed by atoms with Crippen LogP contribution in [0.2, 0.25) is 0 Å². The Morgan fingerprint density at radius 1 is 1.21 bits per heavy atom. The Kier molecular flexibility index (Phi) is 4.60. The number of hydrogen-bond acceptors (Lipinski definition) is 2. The highest BCUT2D eigenvalue weighted by molar-refractivity contribution is 5.80. The fourth-order valence-electron chi connectivity index (χ4n) is 2.70. The third kappa shape index (κ3) is 3.62. The first kappa shape index (κ1) is 16.2. The molecule has 0 atom stereocenters. The van der Waals surface area contributed by atoms with E-state index in [1.807, 2.05) is 23.9 Å². The van der Waals surface area contributed by atoms with Gasteiger partial charge in [-0.1, -0.05) is 24.3 Å². The summed E-state index contributed by atoms with van der Waals surface area (Å²) < 4.78 is 14.8. The van der Waals surface area contributed by atoms with Crippen molar-refractivity contribution >= 4 is 16.8 Å². The quantitative estimate of drug-likeness (QED) is 0.720. The Morgan fingerprint density at radius 3 is 2.71 bits per heavy atom. The zero-order valence-electron chi connectivity index (χ0n) is 13.9. The number of carbonyl (C=O) groups is 1. The van der Waals surface area contributed by atoms with Gasteiger partial charge in [-0.25, -0.2) is 4.39 Å². The Balaban J connectivity index is 1.61. The standard InChI is InChI=1S/C19H20FN3O/c1-14-3-6-16-12-21-23(18(16)11-14)10-9-19(24)22(2)13-15-4-7-17(20)8-5-15/h3-8,11-12H,9-10,13H2,1-2H3. The minimum Gasteiger partial charge on any atom is -0.341 e. The number of hydrogen-bond donors (Lipinski definition) is 0. The smallest absolute Gasteiger partial charge is 0.224 e. The third-order valence-corrected chi connectivity index (χ3v) is 4.10. The average molecular weight is 325 g/mol. The zero-order chi connectivity index (χ0) is 17.1. The largest absolute Gasteiger partial charge is 0.341 e. The highest BCUT2D eigenvalue weighted by Gasteiger charge is 2.11. The fraction of sp³-hybridized carbons (Fsp3) is 0.263. The van der Waals surface area contributed by atoms with Crippen LogP contribution in [0, 0.1) is 12.7 Å². The molecule has 1 heterocycles. The number of benzene rings is 2. The number of amides is 1. The maximum Gasteiger partial charge on any atom is 0.224 e. The number of aromatic nitrogens is 2. The van der Waals surface area contributed by atoms with Crippen LogP contribution in [0.25, 0.3) is 10.9 Å². The Labute approximate surface area is 140 Å². The second-order valence-corrected chi connectivity index (χ2v) is 6.06. The minimum atomic E-state index is -0.270. The van der Waals surface area contributed by atoms with Crippen LogP contribution in [-0.2, 0) is 17.9 Å². The first-order valence-corrected chi connectivity index (χ1v) is 7.93. The molecule has 0 aliphatic carbocycles. The van der Waals surface area contributed by atoms with E-state index >= 15 is 0 Å². The molecule has 1 aromatic heterocycles. The van der Waals surface area contributed by atoms with Gasteiger partial charge >= 0.3 is 0 Å². The van der Waals surface area contributed by atoms with E-state index in [0.29, 0.717) is 19.5 Å². The molecular weight excluding hydrogens is 305 g/mol. The first-order valence-electron chi connectivity index (χ1n) is 7.93. The number of rotatable bonds is 5. The van der Waals surface area contributed by atoms with Crippen molar-refractivity contribution in [2.24, 2.45) is 0 Å². The van der Waals surface area contributed by atoms with Gasteiger partial charge in [0.05, 0.1) is 18.3 Å². The van der Waals surface area contributed by atoms with Gasteiger partial charge in [0.25, 0.3) is 0 Å². The van der Waals surface area contributed by atoms with E-state index in [2.05, 4.69) is 17.2 Å². The molecule has 0 fully saturated rings. The zero-order valence-corrected chi connectivity index (χ0v) is 13.9. The van der Waals surface area contributed by atoms with Crippen LogP contribution < -0.4 is 0 Å². The minimum absolute atomic E-state index is 0.0376. The Bertz CT molecular complexity index is 855. The van der Waals surface area contributed by atoms with Gasteiger partial charge in [0.15, 0.2) is 0 Å². The molecule has 5 heteroatoms. The van der Waals surface area contributed by atoms with Crippen molar-refractivity contribution in [2.75, 3.05) is 7.05 Å². The molecule has 0 saturated heterocycles. The fourth-order valence-corrected chi connectivity index (χ4v) is 2.70. The molecule has 0 spiro atoms. The molecule has 0 saturated carbocycles. The molecule has 3 aromatic rings. The van der Waals surface area contributed by atoms with Crippen LogP contribution in [0.4, 0.5) is 4.39 Å². The highest BCUT2D eigenvalue weighted by Crippen LogP contribution is 2.16. The lowest BCUT2D eigenvalue weighted by Crippen LogP contribution is -2.27.